The minimum absolute atomic E-state index is 0.0180. The topological polar surface area (TPSA) is 96.4 Å². The molecular formula is C29H32F3N5O4S. The lowest BCUT2D eigenvalue weighted by Crippen LogP contribution is -2.46. The summed E-state index contributed by atoms with van der Waals surface area (Å²) in [5.74, 6) is -4.25. The van der Waals surface area contributed by atoms with Crippen LogP contribution in [-0.2, 0) is 19.1 Å². The van der Waals surface area contributed by atoms with Crippen LogP contribution in [0.5, 0.6) is 0 Å². The standard InChI is InChI=1S/C29H32F3N5O4S/c1-3-40-28(39)22-20(34-25(26-33-10-12-42-26)35-23(22)18-5-4-6-19(30)16(18)2)13-37-14-29(31,32)24-21(37)9-11-36(24)15-41-27(38)17-7-8-17/h4-6,10,12,17,21,23-24H,3,7-9,11,13-15H2,1-2H3,(H,34,35)/t21?,23-,24?/m0/s1. The Morgan fingerprint density at radius 1 is 1.19 bits per heavy atom. The Kier molecular flexibility index (Phi) is 7.83. The number of fused-ring (bicyclic) bond motifs is 1. The fraction of sp³-hybridized carbons (Fsp3) is 0.517. The minimum atomic E-state index is -3.07. The number of carbonyl (C=O) groups excluding carboxylic acids is 2. The number of nitrogens with zero attached hydrogens (tertiary/aromatic N) is 4. The first-order valence-corrected chi connectivity index (χ1v) is 15.0. The number of hydrogen-bond donors (Lipinski definition) is 1. The molecule has 3 aliphatic heterocycles. The summed E-state index contributed by atoms with van der Waals surface area (Å²) in [7, 11) is 0. The molecule has 1 saturated carbocycles. The van der Waals surface area contributed by atoms with Gasteiger partial charge < -0.3 is 14.8 Å². The Labute approximate surface area is 245 Å². The molecule has 0 spiro atoms. The molecule has 2 aromatic rings. The summed E-state index contributed by atoms with van der Waals surface area (Å²) in [6.45, 7) is 3.01. The number of amidine groups is 1. The van der Waals surface area contributed by atoms with Crippen LogP contribution in [0.1, 0.15) is 48.4 Å². The van der Waals surface area contributed by atoms with Crippen LogP contribution >= 0.6 is 11.3 Å². The fourth-order valence-corrected chi connectivity index (χ4v) is 6.71. The summed E-state index contributed by atoms with van der Waals surface area (Å²) in [4.78, 5) is 37.9. The number of hydrogen-bond acceptors (Lipinski definition) is 10. The quantitative estimate of drug-likeness (QED) is 0.433. The van der Waals surface area contributed by atoms with E-state index >= 15 is 8.78 Å². The molecule has 1 aromatic heterocycles. The molecule has 9 nitrogen and oxygen atoms in total. The van der Waals surface area contributed by atoms with Gasteiger partial charge in [0.25, 0.3) is 5.92 Å². The normalized spacial score (nSPS) is 25.6. The molecule has 6 rings (SSSR count). The van der Waals surface area contributed by atoms with Gasteiger partial charge in [-0.3, -0.25) is 19.6 Å². The molecule has 0 amide bonds. The molecule has 4 aliphatic rings. The molecule has 13 heteroatoms. The van der Waals surface area contributed by atoms with Gasteiger partial charge in [0.2, 0.25) is 0 Å². The summed E-state index contributed by atoms with van der Waals surface area (Å²) in [5.41, 5.74) is 1.30. The van der Waals surface area contributed by atoms with Crippen molar-refractivity contribution in [2.24, 2.45) is 10.9 Å². The third-order valence-electron chi connectivity index (χ3n) is 8.29. The van der Waals surface area contributed by atoms with E-state index in [4.69, 9.17) is 14.5 Å². The van der Waals surface area contributed by atoms with Crippen molar-refractivity contribution in [2.75, 3.05) is 33.0 Å². The smallest absolute Gasteiger partial charge is 0.338 e. The highest BCUT2D eigenvalue weighted by Crippen LogP contribution is 2.43. The molecule has 2 unspecified atom stereocenters. The lowest BCUT2D eigenvalue weighted by atomic mass is 9.92. The van der Waals surface area contributed by atoms with Crippen molar-refractivity contribution >= 4 is 29.1 Å². The number of aromatic nitrogens is 1. The number of rotatable bonds is 9. The number of esters is 2. The number of likely N-dealkylation sites (tertiary alicyclic amines) is 2. The van der Waals surface area contributed by atoms with Crippen molar-refractivity contribution in [3.05, 3.63) is 63.0 Å². The van der Waals surface area contributed by atoms with Gasteiger partial charge in [0.1, 0.15) is 18.6 Å². The van der Waals surface area contributed by atoms with Gasteiger partial charge >= 0.3 is 11.9 Å². The van der Waals surface area contributed by atoms with E-state index in [2.05, 4.69) is 10.3 Å². The molecular weight excluding hydrogens is 571 g/mol. The monoisotopic (exact) mass is 603 g/mol. The average molecular weight is 604 g/mol. The van der Waals surface area contributed by atoms with Gasteiger partial charge in [-0.15, -0.1) is 11.3 Å². The number of ether oxygens (including phenoxy) is 2. The average Bonchev–Trinajstić information content (AvgIpc) is 3.37. The van der Waals surface area contributed by atoms with E-state index in [1.807, 2.05) is 0 Å². The summed E-state index contributed by atoms with van der Waals surface area (Å²) in [5, 5.41) is 5.52. The van der Waals surface area contributed by atoms with Gasteiger partial charge in [-0.2, -0.15) is 0 Å². The fourth-order valence-electron chi connectivity index (χ4n) is 6.12. The van der Waals surface area contributed by atoms with Crippen LogP contribution in [0.3, 0.4) is 0 Å². The lowest BCUT2D eigenvalue weighted by Gasteiger charge is -2.31. The van der Waals surface area contributed by atoms with Crippen LogP contribution in [0.4, 0.5) is 13.2 Å². The zero-order valence-electron chi connectivity index (χ0n) is 23.3. The zero-order valence-corrected chi connectivity index (χ0v) is 24.1. The maximum Gasteiger partial charge on any atom is 0.338 e. The largest absolute Gasteiger partial charge is 0.463 e. The zero-order chi connectivity index (χ0) is 29.6. The van der Waals surface area contributed by atoms with Gasteiger partial charge in [-0.1, -0.05) is 12.1 Å². The highest BCUT2D eigenvalue weighted by atomic mass is 32.1. The second-order valence-corrected chi connectivity index (χ2v) is 11.9. The minimum Gasteiger partial charge on any atom is -0.463 e. The Morgan fingerprint density at radius 2 is 2.00 bits per heavy atom. The highest BCUT2D eigenvalue weighted by molar-refractivity contribution is 7.11. The van der Waals surface area contributed by atoms with E-state index in [0.29, 0.717) is 40.6 Å². The molecule has 1 aliphatic carbocycles. The summed E-state index contributed by atoms with van der Waals surface area (Å²) < 4.78 is 56.5. The van der Waals surface area contributed by atoms with Gasteiger partial charge in [0, 0.05) is 36.4 Å². The van der Waals surface area contributed by atoms with Crippen molar-refractivity contribution in [3.8, 4) is 0 Å². The van der Waals surface area contributed by atoms with Crippen molar-refractivity contribution < 1.29 is 32.2 Å². The number of carbonyl (C=O) groups is 2. The summed E-state index contributed by atoms with van der Waals surface area (Å²) in [6.07, 6.45) is 3.62. The Hall–Kier alpha value is -3.29. The predicted octanol–water partition coefficient (Wildman–Crippen LogP) is 3.80. The van der Waals surface area contributed by atoms with E-state index in [1.54, 1.807) is 47.4 Å². The Balaban J connectivity index is 1.34. The first kappa shape index (κ1) is 28.8. The van der Waals surface area contributed by atoms with E-state index < -0.39 is 42.4 Å². The van der Waals surface area contributed by atoms with Crippen molar-refractivity contribution in [2.45, 2.75) is 57.2 Å². The Bertz CT molecular complexity index is 1430. The number of halogens is 3. The summed E-state index contributed by atoms with van der Waals surface area (Å²) in [6, 6.07) is 1.99. The van der Waals surface area contributed by atoms with Gasteiger partial charge in [-0.05, 0) is 50.3 Å². The van der Waals surface area contributed by atoms with Crippen LogP contribution in [0.15, 0.2) is 46.0 Å². The highest BCUT2D eigenvalue weighted by Gasteiger charge is 2.59. The number of alkyl halides is 2. The van der Waals surface area contributed by atoms with Crippen LogP contribution in [-0.4, -0.2) is 83.5 Å². The molecule has 3 fully saturated rings. The van der Waals surface area contributed by atoms with E-state index in [1.165, 1.54) is 17.4 Å². The lowest BCUT2D eigenvalue weighted by molar-refractivity contribution is -0.153. The molecule has 4 heterocycles. The van der Waals surface area contributed by atoms with Crippen LogP contribution in [0, 0.1) is 18.7 Å². The molecule has 2 saturated heterocycles. The van der Waals surface area contributed by atoms with E-state index in [-0.39, 0.29) is 37.3 Å². The van der Waals surface area contributed by atoms with Crippen LogP contribution < -0.4 is 5.32 Å². The number of aliphatic imine (C=N–C) groups is 1. The van der Waals surface area contributed by atoms with Crippen molar-refractivity contribution in [1.29, 1.82) is 0 Å². The number of thiazole rings is 1. The molecule has 3 atom stereocenters. The first-order chi connectivity index (χ1) is 20.2. The molecule has 0 radical (unpaired) electrons. The molecule has 1 aromatic carbocycles. The second-order valence-electron chi connectivity index (χ2n) is 11.1. The maximum atomic E-state index is 15.5. The first-order valence-electron chi connectivity index (χ1n) is 14.1. The van der Waals surface area contributed by atoms with Crippen molar-refractivity contribution in [1.82, 2.24) is 20.1 Å². The van der Waals surface area contributed by atoms with Crippen LogP contribution in [0.2, 0.25) is 0 Å². The van der Waals surface area contributed by atoms with Crippen molar-refractivity contribution in [3.63, 3.8) is 0 Å². The third-order valence-corrected chi connectivity index (χ3v) is 9.07. The number of nitrogens with one attached hydrogen (secondary N) is 1. The van der Waals surface area contributed by atoms with Gasteiger partial charge in [-0.25, -0.2) is 22.9 Å². The predicted molar refractivity (Wildman–Crippen MR) is 148 cm³/mol. The molecule has 42 heavy (non-hydrogen) atoms. The summed E-state index contributed by atoms with van der Waals surface area (Å²) >= 11 is 1.33. The Morgan fingerprint density at radius 3 is 2.71 bits per heavy atom. The van der Waals surface area contributed by atoms with Crippen LogP contribution in [0.25, 0.3) is 0 Å². The van der Waals surface area contributed by atoms with Gasteiger partial charge in [0.05, 0.1) is 30.7 Å². The molecule has 224 valence electrons. The maximum absolute atomic E-state index is 15.5. The molecule has 1 N–H and O–H groups in total. The number of benzene rings is 1. The van der Waals surface area contributed by atoms with E-state index in [9.17, 15) is 14.0 Å². The third kappa shape index (κ3) is 5.45. The molecule has 0 bridgehead atoms. The SMILES string of the molecule is CCOC(=O)C1=C(CN2CC(F)(F)C3C2CCN3COC(=O)C2CC2)NC(c2nccs2)=N[C@H]1c1cccc(F)c1C. The second kappa shape index (κ2) is 11.4. The van der Waals surface area contributed by atoms with Gasteiger partial charge in [0.15, 0.2) is 10.8 Å². The van der Waals surface area contributed by atoms with E-state index in [0.717, 1.165) is 12.8 Å².